The Morgan fingerprint density at radius 2 is 1.75 bits per heavy atom. The van der Waals surface area contributed by atoms with Crippen LogP contribution in [0.4, 0.5) is 0 Å². The van der Waals surface area contributed by atoms with E-state index in [4.69, 9.17) is 22.5 Å². The fourth-order valence-electron chi connectivity index (χ4n) is 2.88. The lowest BCUT2D eigenvalue weighted by Crippen LogP contribution is -2.32. The van der Waals surface area contributed by atoms with Gasteiger partial charge in [-0.05, 0) is 42.5 Å². The van der Waals surface area contributed by atoms with Crippen LogP contribution in [0.25, 0.3) is 0 Å². The summed E-state index contributed by atoms with van der Waals surface area (Å²) in [6.07, 6.45) is 3.98. The molecular formula is C16H24Cl2NP. The molecule has 0 saturated carbocycles. The molecule has 1 aliphatic heterocycles. The molecule has 0 bridgehead atoms. The molecule has 1 heterocycles. The lowest BCUT2D eigenvalue weighted by Gasteiger charge is -2.30. The van der Waals surface area contributed by atoms with E-state index in [1.165, 1.54) is 48.8 Å². The van der Waals surface area contributed by atoms with Gasteiger partial charge < -0.3 is 0 Å². The van der Waals surface area contributed by atoms with Crippen LogP contribution in [0.5, 0.6) is 0 Å². The maximum atomic E-state index is 6.35. The molecule has 0 spiro atoms. The molecule has 0 radical (unpaired) electrons. The van der Waals surface area contributed by atoms with E-state index >= 15 is 0 Å². The topological polar surface area (TPSA) is 3.24 Å². The Hall–Kier alpha value is 0.190. The molecule has 0 aliphatic carbocycles. The molecule has 1 saturated heterocycles. The van der Waals surface area contributed by atoms with Crippen LogP contribution in [0.2, 0.25) is 0 Å². The third kappa shape index (κ3) is 4.10. The van der Waals surface area contributed by atoms with Gasteiger partial charge >= 0.3 is 0 Å². The Morgan fingerprint density at radius 3 is 2.30 bits per heavy atom. The van der Waals surface area contributed by atoms with Crippen molar-refractivity contribution in [2.24, 2.45) is 0 Å². The van der Waals surface area contributed by atoms with Crippen molar-refractivity contribution in [2.45, 2.75) is 52.0 Å². The predicted octanol–water partition coefficient (Wildman–Crippen LogP) is 5.38. The first-order chi connectivity index (χ1) is 9.39. The summed E-state index contributed by atoms with van der Waals surface area (Å²) in [5, 5.41) is 1.18. The van der Waals surface area contributed by atoms with E-state index in [2.05, 4.69) is 43.9 Å². The number of hydrogen-bond donors (Lipinski definition) is 0. The van der Waals surface area contributed by atoms with Crippen molar-refractivity contribution < 1.29 is 0 Å². The summed E-state index contributed by atoms with van der Waals surface area (Å²) in [7, 11) is 0. The summed E-state index contributed by atoms with van der Waals surface area (Å²) in [5.41, 5.74) is 2.69. The van der Waals surface area contributed by atoms with Gasteiger partial charge in [-0.1, -0.05) is 67.9 Å². The molecule has 1 aromatic carbocycles. The van der Waals surface area contributed by atoms with Gasteiger partial charge in [0.25, 0.3) is 0 Å². The Kier molecular flexibility index (Phi) is 5.77. The molecule has 4 heteroatoms. The number of piperidine rings is 1. The van der Waals surface area contributed by atoms with Crippen LogP contribution in [0.3, 0.4) is 0 Å². The van der Waals surface area contributed by atoms with E-state index < -0.39 is 6.63 Å². The number of rotatable bonds is 3. The zero-order valence-electron chi connectivity index (χ0n) is 12.6. The highest BCUT2D eigenvalue weighted by Crippen LogP contribution is 2.49. The molecule has 2 rings (SSSR count). The highest BCUT2D eigenvalue weighted by atomic mass is 35.9. The molecule has 1 fully saturated rings. The SMILES string of the molecule is CC(C)(C)c1cccc(CN2CCCCC2)c1P(Cl)Cl. The number of halogens is 2. The first kappa shape index (κ1) is 16.6. The van der Waals surface area contributed by atoms with Crippen molar-refractivity contribution in [3.63, 3.8) is 0 Å². The second-order valence-corrected chi connectivity index (χ2v) is 10.1. The fourth-order valence-corrected chi connectivity index (χ4v) is 5.03. The van der Waals surface area contributed by atoms with Crippen molar-refractivity contribution in [2.75, 3.05) is 13.1 Å². The fraction of sp³-hybridized carbons (Fsp3) is 0.625. The molecule has 112 valence electrons. The Balaban J connectivity index is 2.32. The van der Waals surface area contributed by atoms with Crippen LogP contribution >= 0.6 is 29.1 Å². The number of hydrogen-bond acceptors (Lipinski definition) is 1. The molecule has 1 aliphatic rings. The van der Waals surface area contributed by atoms with Gasteiger partial charge in [0.05, 0.1) is 0 Å². The number of benzene rings is 1. The summed E-state index contributed by atoms with van der Waals surface area (Å²) in [4.78, 5) is 2.53. The minimum Gasteiger partial charge on any atom is -0.299 e. The third-order valence-corrected chi connectivity index (χ3v) is 5.82. The number of nitrogens with zero attached hydrogens (tertiary/aromatic N) is 1. The standard InChI is InChI=1S/C16H24Cl2NP/c1-16(2,3)14-9-7-8-13(15(14)20(17)18)12-19-10-5-4-6-11-19/h7-9H,4-6,10-12H2,1-3H3. The average Bonchev–Trinajstić information content (AvgIpc) is 2.38. The van der Waals surface area contributed by atoms with Crippen molar-refractivity contribution in [3.8, 4) is 0 Å². The number of likely N-dealkylation sites (tertiary alicyclic amines) is 1. The molecule has 0 atom stereocenters. The van der Waals surface area contributed by atoms with Crippen molar-refractivity contribution in [1.82, 2.24) is 4.90 Å². The van der Waals surface area contributed by atoms with E-state index in [1.807, 2.05) is 0 Å². The average molecular weight is 332 g/mol. The monoisotopic (exact) mass is 331 g/mol. The quantitative estimate of drug-likeness (QED) is 0.671. The molecule has 1 nitrogen and oxygen atoms in total. The van der Waals surface area contributed by atoms with E-state index in [0.717, 1.165) is 6.54 Å². The van der Waals surface area contributed by atoms with Crippen molar-refractivity contribution in [1.29, 1.82) is 0 Å². The summed E-state index contributed by atoms with van der Waals surface area (Å²) < 4.78 is 0. The first-order valence-electron chi connectivity index (χ1n) is 7.36. The van der Waals surface area contributed by atoms with Crippen LogP contribution < -0.4 is 5.30 Å². The van der Waals surface area contributed by atoms with Gasteiger partial charge in [-0.15, -0.1) is 0 Å². The highest BCUT2D eigenvalue weighted by molar-refractivity contribution is 8.09. The predicted molar refractivity (Wildman–Crippen MR) is 92.5 cm³/mol. The maximum Gasteiger partial charge on any atom is 0.117 e. The van der Waals surface area contributed by atoms with Gasteiger partial charge in [0, 0.05) is 11.8 Å². The Bertz CT molecular complexity index is 448. The Morgan fingerprint density at radius 1 is 1.10 bits per heavy atom. The normalized spacial score (nSPS) is 17.7. The van der Waals surface area contributed by atoms with Crippen LogP contribution in [0, 0.1) is 0 Å². The van der Waals surface area contributed by atoms with Crippen LogP contribution in [-0.2, 0) is 12.0 Å². The molecular weight excluding hydrogens is 308 g/mol. The molecule has 20 heavy (non-hydrogen) atoms. The van der Waals surface area contributed by atoms with Crippen LogP contribution in [0.1, 0.15) is 51.2 Å². The third-order valence-electron chi connectivity index (χ3n) is 3.94. The van der Waals surface area contributed by atoms with Crippen LogP contribution in [0.15, 0.2) is 18.2 Å². The van der Waals surface area contributed by atoms with Gasteiger partial charge in [0.1, 0.15) is 6.63 Å². The minimum absolute atomic E-state index is 0.0810. The summed E-state index contributed by atoms with van der Waals surface area (Å²) >= 11 is 12.7. The minimum atomic E-state index is -1.11. The lowest BCUT2D eigenvalue weighted by molar-refractivity contribution is 0.221. The summed E-state index contributed by atoms with van der Waals surface area (Å²) in [6.45, 7) is 8.94. The molecule has 0 unspecified atom stereocenters. The van der Waals surface area contributed by atoms with E-state index in [0.29, 0.717) is 0 Å². The van der Waals surface area contributed by atoms with E-state index in [1.54, 1.807) is 0 Å². The van der Waals surface area contributed by atoms with Gasteiger partial charge in [-0.3, -0.25) is 4.90 Å². The lowest BCUT2D eigenvalue weighted by atomic mass is 9.86. The molecule has 0 N–H and O–H groups in total. The second-order valence-electron chi connectivity index (χ2n) is 6.63. The van der Waals surface area contributed by atoms with E-state index in [-0.39, 0.29) is 5.41 Å². The van der Waals surface area contributed by atoms with Crippen molar-refractivity contribution in [3.05, 3.63) is 29.3 Å². The largest absolute Gasteiger partial charge is 0.299 e. The molecule has 1 aromatic rings. The first-order valence-corrected chi connectivity index (χ1v) is 10.5. The van der Waals surface area contributed by atoms with Crippen LogP contribution in [-0.4, -0.2) is 18.0 Å². The van der Waals surface area contributed by atoms with Gasteiger partial charge in [-0.2, -0.15) is 0 Å². The van der Waals surface area contributed by atoms with Crippen molar-refractivity contribution >= 4 is 34.4 Å². The summed E-state index contributed by atoms with van der Waals surface area (Å²) in [6, 6.07) is 6.52. The second kappa shape index (κ2) is 6.97. The highest BCUT2D eigenvalue weighted by Gasteiger charge is 2.24. The zero-order chi connectivity index (χ0) is 14.8. The summed E-state index contributed by atoms with van der Waals surface area (Å²) in [5.74, 6) is 0. The zero-order valence-corrected chi connectivity index (χ0v) is 15.0. The maximum absolute atomic E-state index is 6.35. The van der Waals surface area contributed by atoms with Gasteiger partial charge in [-0.25, -0.2) is 0 Å². The van der Waals surface area contributed by atoms with E-state index in [9.17, 15) is 0 Å². The Labute approximate surface area is 134 Å². The van der Waals surface area contributed by atoms with Gasteiger partial charge in [0.15, 0.2) is 0 Å². The molecule has 0 amide bonds. The molecule has 0 aromatic heterocycles. The van der Waals surface area contributed by atoms with Gasteiger partial charge in [0.2, 0.25) is 0 Å². The smallest absolute Gasteiger partial charge is 0.117 e.